The van der Waals surface area contributed by atoms with Crippen LogP contribution in [0, 0.1) is 5.92 Å². The van der Waals surface area contributed by atoms with Gasteiger partial charge in [-0.05, 0) is 24.1 Å². The first-order valence-electron chi connectivity index (χ1n) is 7.94. The van der Waals surface area contributed by atoms with E-state index in [0.717, 1.165) is 16.9 Å². The molecule has 9 heteroatoms. The zero-order valence-corrected chi connectivity index (χ0v) is 14.7. The molecule has 0 spiro atoms. The average Bonchev–Trinajstić information content (AvgIpc) is 3.20. The highest BCUT2D eigenvalue weighted by Gasteiger charge is 2.29. The van der Waals surface area contributed by atoms with Gasteiger partial charge >= 0.3 is 0 Å². The molecule has 1 aromatic carbocycles. The van der Waals surface area contributed by atoms with Gasteiger partial charge in [0.05, 0.1) is 22.8 Å². The minimum Gasteiger partial charge on any atom is -0.340 e. The van der Waals surface area contributed by atoms with Gasteiger partial charge in [0.15, 0.2) is 0 Å². The van der Waals surface area contributed by atoms with Gasteiger partial charge in [0.1, 0.15) is 17.4 Å². The molecule has 1 aliphatic rings. The molecule has 0 fully saturated rings. The maximum absolute atomic E-state index is 11.1. The van der Waals surface area contributed by atoms with Gasteiger partial charge in [-0.1, -0.05) is 36.7 Å². The number of nitrogens with zero attached hydrogens (tertiary/aromatic N) is 4. The molecule has 132 valence electrons. The van der Waals surface area contributed by atoms with Crippen LogP contribution in [0.5, 0.6) is 0 Å². The van der Waals surface area contributed by atoms with Gasteiger partial charge in [0.2, 0.25) is 5.91 Å². The number of nitrogens with one attached hydrogen (secondary N) is 2. The monoisotopic (exact) mass is 362 g/mol. The fourth-order valence-electron chi connectivity index (χ4n) is 2.82. The van der Waals surface area contributed by atoms with Gasteiger partial charge < -0.3 is 4.98 Å². The fraction of sp³-hybridized carbons (Fsp3) is 0.375. The molecule has 0 radical (unpaired) electrons. The third kappa shape index (κ3) is 3.64. The summed E-state index contributed by atoms with van der Waals surface area (Å²) >= 11 is 6.22. The number of H-pyrrole nitrogens is 1. The van der Waals surface area contributed by atoms with E-state index in [1.165, 1.54) is 0 Å². The van der Waals surface area contributed by atoms with Crippen LogP contribution in [0.3, 0.4) is 0 Å². The number of carbonyl (C=O) groups is 1. The van der Waals surface area contributed by atoms with Crippen molar-refractivity contribution in [2.75, 3.05) is 6.54 Å². The average molecular weight is 363 g/mol. The lowest BCUT2D eigenvalue weighted by molar-refractivity contribution is -0.128. The van der Waals surface area contributed by atoms with Crippen molar-refractivity contribution in [1.29, 1.82) is 0 Å². The lowest BCUT2D eigenvalue weighted by Crippen LogP contribution is -2.27. The van der Waals surface area contributed by atoms with Gasteiger partial charge in [0.25, 0.3) is 0 Å². The van der Waals surface area contributed by atoms with E-state index in [0.29, 0.717) is 17.3 Å². The number of hydrogen-bond donors (Lipinski definition) is 3. The Morgan fingerprint density at radius 1 is 1.52 bits per heavy atom. The number of hydrogen-bond acceptors (Lipinski definition) is 6. The summed E-state index contributed by atoms with van der Waals surface area (Å²) in [4.78, 5) is 19.1. The lowest BCUT2D eigenvalue weighted by Gasteiger charge is -2.26. The van der Waals surface area contributed by atoms with Crippen molar-refractivity contribution in [3.05, 3.63) is 40.8 Å². The molecule has 8 nitrogen and oxygen atoms in total. The van der Waals surface area contributed by atoms with E-state index >= 15 is 0 Å². The van der Waals surface area contributed by atoms with Crippen LogP contribution in [0.1, 0.15) is 32.1 Å². The second-order valence-electron chi connectivity index (χ2n) is 6.17. The fourth-order valence-corrected chi connectivity index (χ4v) is 3.03. The Morgan fingerprint density at radius 2 is 2.32 bits per heavy atom. The van der Waals surface area contributed by atoms with E-state index in [9.17, 15) is 4.79 Å². The molecule has 0 aliphatic carbocycles. The number of para-hydroxylation sites is 1. The molecule has 2 heterocycles. The molecule has 3 N–H and O–H groups in total. The van der Waals surface area contributed by atoms with Crippen molar-refractivity contribution >= 4 is 28.5 Å². The van der Waals surface area contributed by atoms with Gasteiger partial charge in [-0.3, -0.25) is 15.0 Å². The number of imidazole rings is 1. The van der Waals surface area contributed by atoms with Gasteiger partial charge in [-0.25, -0.2) is 10.5 Å². The predicted octanol–water partition coefficient (Wildman–Crippen LogP) is 3.38. The molecule has 1 atom stereocenters. The van der Waals surface area contributed by atoms with Gasteiger partial charge in [-0.2, -0.15) is 0 Å². The maximum Gasteiger partial charge on any atom is 0.247 e. The number of fused-ring (bicyclic) bond motifs is 1. The summed E-state index contributed by atoms with van der Waals surface area (Å²) in [7, 11) is 0. The van der Waals surface area contributed by atoms with Gasteiger partial charge in [-0.15, -0.1) is 5.11 Å². The van der Waals surface area contributed by atoms with Crippen LogP contribution >= 0.6 is 11.6 Å². The van der Waals surface area contributed by atoms with Gasteiger partial charge in [0, 0.05) is 6.42 Å². The summed E-state index contributed by atoms with van der Waals surface area (Å²) in [5.74, 6) is 0.498. The van der Waals surface area contributed by atoms with E-state index in [4.69, 9.17) is 16.8 Å². The summed E-state index contributed by atoms with van der Waals surface area (Å²) in [5, 5.41) is 19.3. The summed E-state index contributed by atoms with van der Waals surface area (Å²) in [6.45, 7) is 4.62. The number of amides is 1. The van der Waals surface area contributed by atoms with Crippen molar-refractivity contribution in [3.8, 4) is 0 Å². The Bertz CT molecular complexity index is 844. The number of rotatable bonds is 5. The Kier molecular flexibility index (Phi) is 5.00. The Labute approximate surface area is 149 Å². The van der Waals surface area contributed by atoms with Crippen LogP contribution in [0.2, 0.25) is 5.02 Å². The SMILES string of the molecule is CC(C)C(c1nc2c(Cl)cccc2[nH]1)N1C/C(=C/CC(=O)NO)N=N1. The number of aromatic amines is 1. The van der Waals surface area contributed by atoms with E-state index in [2.05, 4.69) is 34.2 Å². The van der Waals surface area contributed by atoms with Crippen LogP contribution in [0.25, 0.3) is 11.0 Å². The highest BCUT2D eigenvalue weighted by molar-refractivity contribution is 6.34. The van der Waals surface area contributed by atoms with Crippen LogP contribution in [0.4, 0.5) is 0 Å². The Morgan fingerprint density at radius 3 is 3.00 bits per heavy atom. The molecule has 2 aromatic rings. The van der Waals surface area contributed by atoms with E-state index in [1.54, 1.807) is 11.6 Å². The lowest BCUT2D eigenvalue weighted by atomic mass is 10.0. The first-order chi connectivity index (χ1) is 12.0. The van der Waals surface area contributed by atoms with Crippen molar-refractivity contribution in [1.82, 2.24) is 20.5 Å². The van der Waals surface area contributed by atoms with E-state index < -0.39 is 5.91 Å². The third-order valence-electron chi connectivity index (χ3n) is 3.97. The highest BCUT2D eigenvalue weighted by atomic mass is 35.5. The highest BCUT2D eigenvalue weighted by Crippen LogP contribution is 2.33. The molecule has 3 rings (SSSR count). The first kappa shape index (κ1) is 17.4. The van der Waals surface area contributed by atoms with Crippen LogP contribution in [0.15, 0.2) is 40.3 Å². The Balaban J connectivity index is 1.83. The first-order valence-corrected chi connectivity index (χ1v) is 8.31. The number of aromatic nitrogens is 2. The maximum atomic E-state index is 11.1. The van der Waals surface area contributed by atoms with Crippen molar-refractivity contribution < 1.29 is 10.0 Å². The second-order valence-corrected chi connectivity index (χ2v) is 6.58. The molecular formula is C16H19ClN6O2. The molecule has 0 saturated heterocycles. The van der Waals surface area contributed by atoms with E-state index in [1.807, 2.05) is 23.2 Å². The molecule has 0 saturated carbocycles. The minimum absolute atomic E-state index is 0.0469. The molecule has 1 amide bonds. The zero-order chi connectivity index (χ0) is 18.0. The van der Waals surface area contributed by atoms with Crippen molar-refractivity contribution in [2.24, 2.45) is 16.3 Å². The summed E-state index contributed by atoms with van der Waals surface area (Å²) in [6, 6.07) is 5.50. The minimum atomic E-state index is -0.492. The number of hydroxylamine groups is 1. The number of halogens is 1. The Hall–Kier alpha value is -2.45. The molecule has 0 bridgehead atoms. The second kappa shape index (κ2) is 7.20. The summed E-state index contributed by atoms with van der Waals surface area (Å²) in [6.07, 6.45) is 1.69. The molecule has 1 aliphatic heterocycles. The largest absolute Gasteiger partial charge is 0.340 e. The third-order valence-corrected chi connectivity index (χ3v) is 4.28. The summed E-state index contributed by atoms with van der Waals surface area (Å²) in [5.41, 5.74) is 3.87. The number of carbonyl (C=O) groups excluding carboxylic acids is 1. The van der Waals surface area contributed by atoms with Crippen LogP contribution < -0.4 is 5.48 Å². The molecule has 1 unspecified atom stereocenters. The number of benzene rings is 1. The summed E-state index contributed by atoms with van der Waals surface area (Å²) < 4.78 is 0. The molecule has 25 heavy (non-hydrogen) atoms. The molecular weight excluding hydrogens is 344 g/mol. The molecule has 1 aromatic heterocycles. The van der Waals surface area contributed by atoms with Crippen LogP contribution in [-0.4, -0.2) is 32.6 Å². The van der Waals surface area contributed by atoms with Crippen molar-refractivity contribution in [2.45, 2.75) is 26.3 Å². The van der Waals surface area contributed by atoms with Crippen LogP contribution in [-0.2, 0) is 4.79 Å². The zero-order valence-electron chi connectivity index (χ0n) is 13.9. The normalized spacial score (nSPS) is 17.0. The smallest absolute Gasteiger partial charge is 0.247 e. The standard InChI is InChI=1S/C16H19ClN6O2/c1-9(2)15(16-18-12-5-3-4-11(17)14(12)19-16)23-8-10(20-22-23)6-7-13(24)21-25/h3-6,9,15,25H,7-8H2,1-2H3,(H,18,19)(H,21,24)/b10-6-. The van der Waals surface area contributed by atoms with Crippen molar-refractivity contribution in [3.63, 3.8) is 0 Å². The predicted molar refractivity (Wildman–Crippen MR) is 92.9 cm³/mol. The quantitative estimate of drug-likeness (QED) is 0.560. The van der Waals surface area contributed by atoms with E-state index in [-0.39, 0.29) is 18.4 Å². The topological polar surface area (TPSA) is 106 Å².